The van der Waals surface area contributed by atoms with E-state index >= 15 is 0 Å². The number of hydrogen-bond donors (Lipinski definition) is 1. The summed E-state index contributed by atoms with van der Waals surface area (Å²) in [5, 5.41) is 4.07. The number of carbonyl (C=O) groups excluding carboxylic acids is 1. The fourth-order valence-electron chi connectivity index (χ4n) is 3.09. The molecule has 0 saturated carbocycles. The van der Waals surface area contributed by atoms with Crippen LogP contribution in [-0.4, -0.2) is 43.5 Å². The highest BCUT2D eigenvalue weighted by Crippen LogP contribution is 2.35. The van der Waals surface area contributed by atoms with E-state index in [4.69, 9.17) is 23.2 Å². The minimum atomic E-state index is -0.232. The van der Waals surface area contributed by atoms with E-state index in [0.717, 1.165) is 42.0 Å². The van der Waals surface area contributed by atoms with Gasteiger partial charge in [-0.05, 0) is 59.5 Å². The summed E-state index contributed by atoms with van der Waals surface area (Å²) >= 11 is 14.9. The van der Waals surface area contributed by atoms with Gasteiger partial charge in [0.2, 0.25) is 0 Å². The Hall–Kier alpha value is -1.02. The highest BCUT2D eigenvalue weighted by atomic mass is 127. The number of para-hydroxylation sites is 1. The average Bonchev–Trinajstić information content (AvgIpc) is 2.64. The first-order chi connectivity index (χ1) is 12.5. The van der Waals surface area contributed by atoms with Crippen molar-refractivity contribution in [1.29, 1.82) is 0 Å². The van der Waals surface area contributed by atoms with Gasteiger partial charge in [-0.25, -0.2) is 0 Å². The normalized spacial score (nSPS) is 15.2. The molecule has 2 aromatic rings. The molecule has 1 aliphatic rings. The Balaban J connectivity index is 1.86. The molecule has 4 nitrogen and oxygen atoms in total. The molecule has 1 fully saturated rings. The minimum absolute atomic E-state index is 0.232. The summed E-state index contributed by atoms with van der Waals surface area (Å²) in [4.78, 5) is 17.4. The molecule has 0 unspecified atom stereocenters. The molecule has 3 rings (SSSR count). The molecule has 0 aromatic heterocycles. The molecule has 1 aliphatic heterocycles. The topological polar surface area (TPSA) is 35.6 Å². The Kier molecular flexibility index (Phi) is 6.66. The van der Waals surface area contributed by atoms with Gasteiger partial charge in [0.15, 0.2) is 0 Å². The third-order valence-corrected chi connectivity index (χ3v) is 5.85. The maximum absolute atomic E-state index is 12.8. The summed E-state index contributed by atoms with van der Waals surface area (Å²) in [5.41, 5.74) is 2.04. The van der Waals surface area contributed by atoms with Gasteiger partial charge in [0.05, 0.1) is 27.0 Å². The van der Waals surface area contributed by atoms with Crippen molar-refractivity contribution >= 4 is 63.1 Å². The maximum atomic E-state index is 12.8. The summed E-state index contributed by atoms with van der Waals surface area (Å²) < 4.78 is 0.958. The summed E-state index contributed by atoms with van der Waals surface area (Å²) in [6.45, 7) is 6.94. The third kappa shape index (κ3) is 4.44. The Morgan fingerprint density at radius 2 is 1.85 bits per heavy atom. The molecule has 1 N–H and O–H groups in total. The lowest BCUT2D eigenvalue weighted by molar-refractivity contribution is 0.102. The number of nitrogens with zero attached hydrogens (tertiary/aromatic N) is 2. The molecule has 138 valence electrons. The molecule has 0 radical (unpaired) electrons. The van der Waals surface area contributed by atoms with Crippen molar-refractivity contribution in [3.8, 4) is 0 Å². The van der Waals surface area contributed by atoms with Crippen LogP contribution in [0.2, 0.25) is 10.0 Å². The van der Waals surface area contributed by atoms with Crippen LogP contribution >= 0.6 is 45.8 Å². The first-order valence-electron chi connectivity index (χ1n) is 8.51. The van der Waals surface area contributed by atoms with E-state index in [1.54, 1.807) is 12.1 Å². The summed E-state index contributed by atoms with van der Waals surface area (Å²) in [7, 11) is 0. The van der Waals surface area contributed by atoms with Crippen LogP contribution in [0, 0.1) is 3.57 Å². The lowest BCUT2D eigenvalue weighted by Gasteiger charge is -2.36. The molecule has 0 atom stereocenters. The average molecular weight is 504 g/mol. The van der Waals surface area contributed by atoms with E-state index in [-0.39, 0.29) is 5.91 Å². The molecule has 2 aromatic carbocycles. The smallest absolute Gasteiger partial charge is 0.257 e. The Morgan fingerprint density at radius 1 is 1.12 bits per heavy atom. The van der Waals surface area contributed by atoms with Gasteiger partial charge in [-0.3, -0.25) is 4.79 Å². The second kappa shape index (κ2) is 8.78. The van der Waals surface area contributed by atoms with Crippen molar-refractivity contribution in [2.24, 2.45) is 0 Å². The van der Waals surface area contributed by atoms with Gasteiger partial charge in [-0.2, -0.15) is 0 Å². The van der Waals surface area contributed by atoms with Gasteiger partial charge in [-0.15, -0.1) is 0 Å². The molecule has 1 heterocycles. The van der Waals surface area contributed by atoms with Crippen LogP contribution in [0.15, 0.2) is 36.4 Å². The number of rotatable bonds is 4. The maximum Gasteiger partial charge on any atom is 0.257 e. The molecule has 0 spiro atoms. The third-order valence-electron chi connectivity index (χ3n) is 4.54. The quantitative estimate of drug-likeness (QED) is 0.597. The fourth-order valence-corrected chi connectivity index (χ4v) is 4.08. The van der Waals surface area contributed by atoms with E-state index in [2.05, 4.69) is 44.6 Å². The summed E-state index contributed by atoms with van der Waals surface area (Å²) in [6, 6.07) is 11.0. The summed E-state index contributed by atoms with van der Waals surface area (Å²) in [5.74, 6) is -0.232. The number of halogens is 3. The van der Waals surface area contributed by atoms with Crippen LogP contribution < -0.4 is 10.2 Å². The van der Waals surface area contributed by atoms with Gasteiger partial charge < -0.3 is 15.1 Å². The van der Waals surface area contributed by atoms with Crippen LogP contribution in [0.1, 0.15) is 17.3 Å². The van der Waals surface area contributed by atoms with Gasteiger partial charge in [0.25, 0.3) is 5.91 Å². The fraction of sp³-hybridized carbons (Fsp3) is 0.316. The van der Waals surface area contributed by atoms with Crippen molar-refractivity contribution in [2.75, 3.05) is 42.9 Å². The lowest BCUT2D eigenvalue weighted by atomic mass is 10.1. The number of amides is 1. The van der Waals surface area contributed by atoms with Gasteiger partial charge in [-0.1, -0.05) is 36.2 Å². The molecule has 1 saturated heterocycles. The molecule has 1 amide bonds. The zero-order valence-electron chi connectivity index (χ0n) is 14.4. The van der Waals surface area contributed by atoms with Gasteiger partial charge in [0.1, 0.15) is 0 Å². The Morgan fingerprint density at radius 3 is 2.54 bits per heavy atom. The van der Waals surface area contributed by atoms with Crippen LogP contribution in [0.25, 0.3) is 0 Å². The highest BCUT2D eigenvalue weighted by molar-refractivity contribution is 14.1. The molecule has 0 bridgehead atoms. The van der Waals surface area contributed by atoms with E-state index in [9.17, 15) is 4.79 Å². The lowest BCUT2D eigenvalue weighted by Crippen LogP contribution is -2.46. The first kappa shape index (κ1) is 19.7. The van der Waals surface area contributed by atoms with E-state index in [0.29, 0.717) is 21.3 Å². The second-order valence-electron chi connectivity index (χ2n) is 6.14. The largest absolute Gasteiger partial charge is 0.366 e. The molecule has 26 heavy (non-hydrogen) atoms. The zero-order valence-corrected chi connectivity index (χ0v) is 18.1. The Labute approximate surface area is 177 Å². The second-order valence-corrected chi connectivity index (χ2v) is 8.20. The molecular weight excluding hydrogens is 484 g/mol. The number of hydrogen-bond acceptors (Lipinski definition) is 3. The number of likely N-dealkylation sites (N-methyl/N-ethyl adjacent to an activating group) is 1. The SMILES string of the molecule is CCN1CCN(c2c(Cl)cccc2NC(=O)c2cc(I)ccc2Cl)CC1. The standard InChI is InChI=1S/C19H20Cl2IN3O/c1-2-24-8-10-25(11-9-24)18-16(21)4-3-5-17(18)23-19(26)14-12-13(22)6-7-15(14)20/h3-7,12H,2,8-11H2,1H3,(H,23,26). The molecule has 0 aliphatic carbocycles. The number of carbonyl (C=O) groups is 1. The zero-order chi connectivity index (χ0) is 18.7. The minimum Gasteiger partial charge on any atom is -0.366 e. The van der Waals surface area contributed by atoms with Crippen molar-refractivity contribution in [3.05, 3.63) is 55.6 Å². The van der Waals surface area contributed by atoms with Gasteiger partial charge in [0, 0.05) is 29.7 Å². The number of piperazine rings is 1. The van der Waals surface area contributed by atoms with Crippen LogP contribution in [0.4, 0.5) is 11.4 Å². The number of anilines is 2. The highest BCUT2D eigenvalue weighted by Gasteiger charge is 2.22. The Bertz CT molecular complexity index is 807. The van der Waals surface area contributed by atoms with E-state index in [1.807, 2.05) is 24.3 Å². The summed E-state index contributed by atoms with van der Waals surface area (Å²) in [6.07, 6.45) is 0. The predicted octanol–water partition coefficient (Wildman–Crippen LogP) is 4.99. The van der Waals surface area contributed by atoms with Crippen LogP contribution in [0.3, 0.4) is 0 Å². The van der Waals surface area contributed by atoms with Crippen molar-refractivity contribution in [3.63, 3.8) is 0 Å². The van der Waals surface area contributed by atoms with E-state index < -0.39 is 0 Å². The molecule has 7 heteroatoms. The van der Waals surface area contributed by atoms with Gasteiger partial charge >= 0.3 is 0 Å². The van der Waals surface area contributed by atoms with Crippen molar-refractivity contribution in [2.45, 2.75) is 6.92 Å². The first-order valence-corrected chi connectivity index (χ1v) is 10.3. The van der Waals surface area contributed by atoms with Crippen molar-refractivity contribution < 1.29 is 4.79 Å². The van der Waals surface area contributed by atoms with Crippen molar-refractivity contribution in [1.82, 2.24) is 4.90 Å². The monoisotopic (exact) mass is 503 g/mol. The van der Waals surface area contributed by atoms with Crippen LogP contribution in [-0.2, 0) is 0 Å². The number of nitrogens with one attached hydrogen (secondary N) is 1. The van der Waals surface area contributed by atoms with E-state index in [1.165, 1.54) is 0 Å². The predicted molar refractivity (Wildman–Crippen MR) is 118 cm³/mol. The molecular formula is C19H20Cl2IN3O. The van der Waals surface area contributed by atoms with Crippen LogP contribution in [0.5, 0.6) is 0 Å². The number of benzene rings is 2.